The van der Waals surface area contributed by atoms with Gasteiger partial charge in [-0.3, -0.25) is 4.90 Å². The molecule has 0 spiro atoms. The molecule has 0 amide bonds. The fourth-order valence-electron chi connectivity index (χ4n) is 2.33. The van der Waals surface area contributed by atoms with Crippen molar-refractivity contribution in [3.63, 3.8) is 0 Å². The monoisotopic (exact) mass is 170 g/mol. The van der Waals surface area contributed by atoms with Gasteiger partial charge in [-0.2, -0.15) is 0 Å². The van der Waals surface area contributed by atoms with Crippen molar-refractivity contribution in [3.8, 4) is 0 Å². The summed E-state index contributed by atoms with van der Waals surface area (Å²) in [6, 6.07) is 0.806. The highest BCUT2D eigenvalue weighted by molar-refractivity contribution is 4.90. The van der Waals surface area contributed by atoms with Gasteiger partial charge in [-0.1, -0.05) is 0 Å². The first-order chi connectivity index (χ1) is 5.92. The predicted octanol–water partition coefficient (Wildman–Crippen LogP) is 0.274. The standard InChI is InChI=1S/C9H18N2O/c1-12-7-11-5-3-9(11)8-2-4-10-6-8/h8-10H,2-7H2,1H3. The molecule has 0 bridgehead atoms. The van der Waals surface area contributed by atoms with Crippen molar-refractivity contribution < 1.29 is 4.74 Å². The van der Waals surface area contributed by atoms with Crippen LogP contribution in [0.15, 0.2) is 0 Å². The third-order valence-electron chi connectivity index (χ3n) is 3.12. The average Bonchev–Trinajstić information content (AvgIpc) is 2.51. The van der Waals surface area contributed by atoms with Gasteiger partial charge in [-0.15, -0.1) is 0 Å². The zero-order valence-electron chi connectivity index (χ0n) is 7.75. The van der Waals surface area contributed by atoms with Crippen LogP contribution >= 0.6 is 0 Å². The van der Waals surface area contributed by atoms with Gasteiger partial charge in [0.25, 0.3) is 0 Å². The number of rotatable bonds is 3. The molecule has 2 aliphatic heterocycles. The summed E-state index contributed by atoms with van der Waals surface area (Å²) >= 11 is 0. The van der Waals surface area contributed by atoms with E-state index in [1.807, 2.05) is 0 Å². The first-order valence-corrected chi connectivity index (χ1v) is 4.85. The Morgan fingerprint density at radius 3 is 2.92 bits per heavy atom. The zero-order chi connectivity index (χ0) is 8.39. The van der Waals surface area contributed by atoms with Crippen molar-refractivity contribution in [2.45, 2.75) is 18.9 Å². The zero-order valence-corrected chi connectivity index (χ0v) is 7.75. The summed E-state index contributed by atoms with van der Waals surface area (Å²) in [7, 11) is 1.78. The van der Waals surface area contributed by atoms with E-state index in [4.69, 9.17) is 4.74 Å². The van der Waals surface area contributed by atoms with Crippen LogP contribution in [-0.2, 0) is 4.74 Å². The molecular formula is C9H18N2O. The van der Waals surface area contributed by atoms with Crippen molar-refractivity contribution in [2.24, 2.45) is 5.92 Å². The molecule has 0 saturated carbocycles. The molecule has 2 aliphatic rings. The maximum atomic E-state index is 5.14. The quantitative estimate of drug-likeness (QED) is 0.658. The summed E-state index contributed by atoms with van der Waals surface area (Å²) in [6.45, 7) is 4.48. The average molecular weight is 170 g/mol. The van der Waals surface area contributed by atoms with Crippen molar-refractivity contribution in [1.82, 2.24) is 10.2 Å². The molecule has 3 nitrogen and oxygen atoms in total. The molecule has 0 aliphatic carbocycles. The molecule has 0 aromatic heterocycles. The summed E-state index contributed by atoms with van der Waals surface area (Å²) in [4.78, 5) is 2.44. The van der Waals surface area contributed by atoms with Crippen molar-refractivity contribution in [2.75, 3.05) is 33.5 Å². The van der Waals surface area contributed by atoms with Crippen LogP contribution in [0.25, 0.3) is 0 Å². The van der Waals surface area contributed by atoms with E-state index in [0.29, 0.717) is 0 Å². The number of ether oxygens (including phenoxy) is 1. The molecule has 12 heavy (non-hydrogen) atoms. The normalized spacial score (nSPS) is 36.8. The van der Waals surface area contributed by atoms with Crippen molar-refractivity contribution >= 4 is 0 Å². The summed E-state index contributed by atoms with van der Waals surface area (Å²) in [5.41, 5.74) is 0. The lowest BCUT2D eigenvalue weighted by atomic mass is 9.89. The van der Waals surface area contributed by atoms with Gasteiger partial charge in [0.15, 0.2) is 0 Å². The number of hydrogen-bond donors (Lipinski definition) is 1. The Labute approximate surface area is 74.1 Å². The highest BCUT2D eigenvalue weighted by atomic mass is 16.5. The maximum Gasteiger partial charge on any atom is 0.0988 e. The van der Waals surface area contributed by atoms with Crippen LogP contribution in [0.4, 0.5) is 0 Å². The Morgan fingerprint density at radius 1 is 1.50 bits per heavy atom. The Bertz CT molecular complexity index is 145. The summed E-state index contributed by atoms with van der Waals surface area (Å²) in [5, 5.41) is 3.42. The maximum absolute atomic E-state index is 5.14. The van der Waals surface area contributed by atoms with E-state index in [2.05, 4.69) is 10.2 Å². The van der Waals surface area contributed by atoms with E-state index >= 15 is 0 Å². The smallest absolute Gasteiger partial charge is 0.0988 e. The SMILES string of the molecule is COCN1CCC1C1CCNC1. The third kappa shape index (κ3) is 1.49. The molecular weight excluding hydrogens is 152 g/mol. The van der Waals surface area contributed by atoms with Crippen molar-refractivity contribution in [3.05, 3.63) is 0 Å². The predicted molar refractivity (Wildman–Crippen MR) is 48.0 cm³/mol. The summed E-state index contributed by atoms with van der Waals surface area (Å²) in [6.07, 6.45) is 2.72. The van der Waals surface area contributed by atoms with Gasteiger partial charge in [0.1, 0.15) is 0 Å². The third-order valence-corrected chi connectivity index (χ3v) is 3.12. The van der Waals surface area contributed by atoms with Gasteiger partial charge in [-0.25, -0.2) is 0 Å². The number of nitrogens with zero attached hydrogens (tertiary/aromatic N) is 1. The molecule has 2 atom stereocenters. The number of hydrogen-bond acceptors (Lipinski definition) is 3. The van der Waals surface area contributed by atoms with Crippen LogP contribution in [0.5, 0.6) is 0 Å². The van der Waals surface area contributed by atoms with Gasteiger partial charge in [-0.05, 0) is 31.8 Å². The van der Waals surface area contributed by atoms with E-state index < -0.39 is 0 Å². The minimum absolute atomic E-state index is 0.806. The second kappa shape index (κ2) is 3.73. The minimum Gasteiger partial charge on any atom is -0.369 e. The highest BCUT2D eigenvalue weighted by Gasteiger charge is 2.35. The molecule has 0 aromatic rings. The molecule has 2 unspecified atom stereocenters. The first kappa shape index (κ1) is 8.48. The summed E-state index contributed by atoms with van der Waals surface area (Å²) in [5.74, 6) is 0.883. The fourth-order valence-corrected chi connectivity index (χ4v) is 2.33. The topological polar surface area (TPSA) is 24.5 Å². The van der Waals surface area contributed by atoms with Crippen molar-refractivity contribution in [1.29, 1.82) is 0 Å². The number of nitrogens with one attached hydrogen (secondary N) is 1. The molecule has 1 N–H and O–H groups in total. The first-order valence-electron chi connectivity index (χ1n) is 4.85. The van der Waals surface area contributed by atoms with E-state index in [-0.39, 0.29) is 0 Å². The lowest BCUT2D eigenvalue weighted by Gasteiger charge is -2.43. The lowest BCUT2D eigenvalue weighted by molar-refractivity contribution is -0.0405. The Kier molecular flexibility index (Phi) is 2.63. The second-order valence-corrected chi connectivity index (χ2v) is 3.84. The largest absolute Gasteiger partial charge is 0.369 e. The molecule has 70 valence electrons. The highest BCUT2D eigenvalue weighted by Crippen LogP contribution is 2.27. The molecule has 2 fully saturated rings. The van der Waals surface area contributed by atoms with Gasteiger partial charge in [0.05, 0.1) is 6.73 Å². The number of methoxy groups -OCH3 is 1. The molecule has 2 rings (SSSR count). The van der Waals surface area contributed by atoms with Crippen LogP contribution in [0, 0.1) is 5.92 Å². The van der Waals surface area contributed by atoms with Crippen LogP contribution in [0.1, 0.15) is 12.8 Å². The lowest BCUT2D eigenvalue weighted by Crippen LogP contribution is -2.52. The second-order valence-electron chi connectivity index (χ2n) is 3.84. The van der Waals surface area contributed by atoms with Gasteiger partial charge >= 0.3 is 0 Å². The molecule has 2 heterocycles. The van der Waals surface area contributed by atoms with E-state index in [0.717, 1.165) is 18.7 Å². The Morgan fingerprint density at radius 2 is 2.42 bits per heavy atom. The number of likely N-dealkylation sites (tertiary alicyclic amines) is 1. The molecule has 2 saturated heterocycles. The van der Waals surface area contributed by atoms with Crippen LogP contribution in [-0.4, -0.2) is 44.4 Å². The van der Waals surface area contributed by atoms with E-state index in [9.17, 15) is 0 Å². The Hall–Kier alpha value is -0.120. The molecule has 0 radical (unpaired) electrons. The molecule has 3 heteroatoms. The van der Waals surface area contributed by atoms with E-state index in [1.165, 1.54) is 32.5 Å². The van der Waals surface area contributed by atoms with Gasteiger partial charge < -0.3 is 10.1 Å². The van der Waals surface area contributed by atoms with Crippen LogP contribution in [0.2, 0.25) is 0 Å². The Balaban J connectivity index is 1.79. The van der Waals surface area contributed by atoms with Crippen LogP contribution < -0.4 is 5.32 Å². The van der Waals surface area contributed by atoms with E-state index in [1.54, 1.807) is 7.11 Å². The summed E-state index contributed by atoms with van der Waals surface area (Å²) < 4.78 is 5.14. The van der Waals surface area contributed by atoms with Gasteiger partial charge in [0, 0.05) is 19.7 Å². The van der Waals surface area contributed by atoms with Gasteiger partial charge in [0.2, 0.25) is 0 Å². The molecule has 0 aromatic carbocycles. The fraction of sp³-hybridized carbons (Fsp3) is 1.00. The minimum atomic E-state index is 0.806. The van der Waals surface area contributed by atoms with Crippen LogP contribution in [0.3, 0.4) is 0 Å².